The van der Waals surface area contributed by atoms with E-state index in [1.165, 1.54) is 11.1 Å². The molecule has 3 rings (SSSR count). The van der Waals surface area contributed by atoms with Crippen molar-refractivity contribution < 1.29 is 9.84 Å². The first kappa shape index (κ1) is 16.7. The first-order chi connectivity index (χ1) is 11.8. The van der Waals surface area contributed by atoms with E-state index in [0.29, 0.717) is 6.61 Å². The molecule has 0 amide bonds. The number of rotatable bonds is 7. The minimum absolute atomic E-state index is 0.350. The average Bonchev–Trinajstić information content (AvgIpc) is 2.67. The van der Waals surface area contributed by atoms with Gasteiger partial charge in [0.2, 0.25) is 0 Å². The highest BCUT2D eigenvalue weighted by Gasteiger charge is 2.14. The van der Waals surface area contributed by atoms with E-state index in [1.807, 2.05) is 30.3 Å². The van der Waals surface area contributed by atoms with Gasteiger partial charge in [-0.15, -0.1) is 0 Å². The normalized spacial score (nSPS) is 16.5. The van der Waals surface area contributed by atoms with E-state index in [2.05, 4.69) is 41.3 Å². The Morgan fingerprint density at radius 3 is 2.38 bits per heavy atom. The molecule has 2 aromatic rings. The van der Waals surface area contributed by atoms with Crippen LogP contribution < -0.4 is 4.74 Å². The Labute approximate surface area is 144 Å². The third-order valence-electron chi connectivity index (χ3n) is 4.40. The van der Waals surface area contributed by atoms with Crippen molar-refractivity contribution in [2.45, 2.75) is 18.9 Å². The van der Waals surface area contributed by atoms with Crippen LogP contribution in [0.5, 0.6) is 5.75 Å². The van der Waals surface area contributed by atoms with Crippen LogP contribution in [0, 0.1) is 0 Å². The Balaban J connectivity index is 1.39. The van der Waals surface area contributed by atoms with Crippen LogP contribution >= 0.6 is 0 Å². The molecule has 1 aliphatic heterocycles. The standard InChI is InChI=1S/C21H25NO2/c23-20(17-24-21-9-5-2-6-10-21)13-16-22-14-11-19(12-15-22)18-7-3-1-4-8-18/h1-11,20,23H,12-17H2. The van der Waals surface area contributed by atoms with Crippen molar-refractivity contribution in [1.82, 2.24) is 4.90 Å². The molecule has 0 radical (unpaired) electrons. The van der Waals surface area contributed by atoms with Gasteiger partial charge in [-0.2, -0.15) is 0 Å². The lowest BCUT2D eigenvalue weighted by Crippen LogP contribution is -2.32. The molecule has 0 saturated heterocycles. The molecule has 3 heteroatoms. The molecule has 1 aliphatic rings. The minimum Gasteiger partial charge on any atom is -0.491 e. The third-order valence-corrected chi connectivity index (χ3v) is 4.40. The van der Waals surface area contributed by atoms with Crippen LogP contribution in [0.2, 0.25) is 0 Å². The predicted molar refractivity (Wildman–Crippen MR) is 98.0 cm³/mol. The second-order valence-electron chi connectivity index (χ2n) is 6.21. The zero-order chi connectivity index (χ0) is 16.6. The molecule has 0 saturated carbocycles. The van der Waals surface area contributed by atoms with Gasteiger partial charge in [0, 0.05) is 19.6 Å². The van der Waals surface area contributed by atoms with Gasteiger partial charge in [-0.25, -0.2) is 0 Å². The largest absolute Gasteiger partial charge is 0.491 e. The van der Waals surface area contributed by atoms with Crippen molar-refractivity contribution in [3.63, 3.8) is 0 Å². The molecule has 1 N–H and O–H groups in total. The van der Waals surface area contributed by atoms with Crippen LogP contribution in [-0.4, -0.2) is 42.4 Å². The summed E-state index contributed by atoms with van der Waals surface area (Å²) < 4.78 is 5.60. The van der Waals surface area contributed by atoms with Gasteiger partial charge in [0.05, 0.1) is 6.10 Å². The van der Waals surface area contributed by atoms with E-state index in [-0.39, 0.29) is 0 Å². The molecule has 2 aromatic carbocycles. The number of benzene rings is 2. The van der Waals surface area contributed by atoms with Crippen LogP contribution in [0.3, 0.4) is 0 Å². The third kappa shape index (κ3) is 4.95. The maximum atomic E-state index is 10.1. The first-order valence-corrected chi connectivity index (χ1v) is 8.64. The highest BCUT2D eigenvalue weighted by molar-refractivity contribution is 5.66. The van der Waals surface area contributed by atoms with Gasteiger partial charge in [-0.05, 0) is 36.1 Å². The number of aliphatic hydroxyl groups is 1. The second kappa shape index (κ2) is 8.67. The zero-order valence-electron chi connectivity index (χ0n) is 14.0. The van der Waals surface area contributed by atoms with E-state index >= 15 is 0 Å². The Kier molecular flexibility index (Phi) is 6.05. The Bertz CT molecular complexity index is 639. The predicted octanol–water partition coefficient (Wildman–Crippen LogP) is 3.61. The van der Waals surface area contributed by atoms with Gasteiger partial charge >= 0.3 is 0 Å². The van der Waals surface area contributed by atoms with Crippen molar-refractivity contribution >= 4 is 5.57 Å². The molecule has 1 atom stereocenters. The van der Waals surface area contributed by atoms with Crippen LogP contribution in [0.15, 0.2) is 66.7 Å². The average molecular weight is 323 g/mol. The van der Waals surface area contributed by atoms with Gasteiger partial charge in [0.1, 0.15) is 12.4 Å². The quantitative estimate of drug-likeness (QED) is 0.845. The Morgan fingerprint density at radius 2 is 1.71 bits per heavy atom. The van der Waals surface area contributed by atoms with Crippen LogP contribution in [0.25, 0.3) is 5.57 Å². The van der Waals surface area contributed by atoms with E-state index in [0.717, 1.165) is 38.2 Å². The number of aliphatic hydroxyl groups excluding tert-OH is 1. The lowest BCUT2D eigenvalue weighted by atomic mass is 9.99. The summed E-state index contributed by atoms with van der Waals surface area (Å²) in [7, 11) is 0. The lowest BCUT2D eigenvalue weighted by Gasteiger charge is -2.27. The van der Waals surface area contributed by atoms with Crippen molar-refractivity contribution in [2.24, 2.45) is 0 Å². The van der Waals surface area contributed by atoms with Crippen molar-refractivity contribution in [3.05, 3.63) is 72.3 Å². The fraction of sp³-hybridized carbons (Fsp3) is 0.333. The summed E-state index contributed by atoms with van der Waals surface area (Å²) in [5.41, 5.74) is 2.76. The van der Waals surface area contributed by atoms with E-state index in [9.17, 15) is 5.11 Å². The molecule has 3 nitrogen and oxygen atoms in total. The number of ether oxygens (including phenoxy) is 1. The number of hydrogen-bond acceptors (Lipinski definition) is 3. The molecular formula is C21H25NO2. The van der Waals surface area contributed by atoms with Crippen molar-refractivity contribution in [1.29, 1.82) is 0 Å². The summed E-state index contributed by atoms with van der Waals surface area (Å²) >= 11 is 0. The lowest BCUT2D eigenvalue weighted by molar-refractivity contribution is 0.0889. The Morgan fingerprint density at radius 1 is 1.00 bits per heavy atom. The first-order valence-electron chi connectivity index (χ1n) is 8.64. The van der Waals surface area contributed by atoms with E-state index in [4.69, 9.17) is 4.74 Å². The summed E-state index contributed by atoms with van der Waals surface area (Å²) in [6.45, 7) is 3.25. The van der Waals surface area contributed by atoms with Gasteiger partial charge in [0.15, 0.2) is 0 Å². The highest BCUT2D eigenvalue weighted by atomic mass is 16.5. The van der Waals surface area contributed by atoms with Crippen LogP contribution in [0.4, 0.5) is 0 Å². The van der Waals surface area contributed by atoms with Crippen molar-refractivity contribution in [3.8, 4) is 5.75 Å². The molecule has 0 aliphatic carbocycles. The van der Waals surface area contributed by atoms with Gasteiger partial charge in [0.25, 0.3) is 0 Å². The summed E-state index contributed by atoms with van der Waals surface area (Å²) in [6, 6.07) is 20.2. The molecule has 1 heterocycles. The molecule has 126 valence electrons. The SMILES string of the molecule is OC(CCN1CC=C(c2ccccc2)CC1)COc1ccccc1. The topological polar surface area (TPSA) is 32.7 Å². The van der Waals surface area contributed by atoms with Crippen LogP contribution in [0.1, 0.15) is 18.4 Å². The second-order valence-corrected chi connectivity index (χ2v) is 6.21. The molecule has 0 fully saturated rings. The van der Waals surface area contributed by atoms with E-state index < -0.39 is 6.10 Å². The highest BCUT2D eigenvalue weighted by Crippen LogP contribution is 2.22. The maximum absolute atomic E-state index is 10.1. The Hall–Kier alpha value is -2.10. The zero-order valence-corrected chi connectivity index (χ0v) is 14.0. The number of nitrogens with zero attached hydrogens (tertiary/aromatic N) is 1. The summed E-state index contributed by atoms with van der Waals surface area (Å²) in [4.78, 5) is 2.39. The van der Waals surface area contributed by atoms with Gasteiger partial charge in [-0.1, -0.05) is 54.6 Å². The molecule has 0 bridgehead atoms. The van der Waals surface area contributed by atoms with Gasteiger partial charge < -0.3 is 9.84 Å². The smallest absolute Gasteiger partial charge is 0.119 e. The molecule has 0 aromatic heterocycles. The molecule has 24 heavy (non-hydrogen) atoms. The summed E-state index contributed by atoms with van der Waals surface area (Å²) in [5, 5.41) is 10.1. The summed E-state index contributed by atoms with van der Waals surface area (Å²) in [6.07, 6.45) is 3.69. The molecule has 1 unspecified atom stereocenters. The van der Waals surface area contributed by atoms with Crippen LogP contribution in [-0.2, 0) is 0 Å². The fourth-order valence-electron chi connectivity index (χ4n) is 2.95. The molecule has 0 spiro atoms. The monoisotopic (exact) mass is 323 g/mol. The number of para-hydroxylation sites is 1. The minimum atomic E-state index is -0.426. The fourth-order valence-corrected chi connectivity index (χ4v) is 2.95. The van der Waals surface area contributed by atoms with E-state index in [1.54, 1.807) is 0 Å². The number of hydrogen-bond donors (Lipinski definition) is 1. The molecular weight excluding hydrogens is 298 g/mol. The van der Waals surface area contributed by atoms with Gasteiger partial charge in [-0.3, -0.25) is 4.90 Å². The summed E-state index contributed by atoms with van der Waals surface area (Å²) in [5.74, 6) is 0.810. The van der Waals surface area contributed by atoms with Crippen molar-refractivity contribution in [2.75, 3.05) is 26.2 Å². The maximum Gasteiger partial charge on any atom is 0.119 e.